The number of anilines is 2. The Hall–Kier alpha value is -2.88. The highest BCUT2D eigenvalue weighted by Crippen LogP contribution is 2.41. The highest BCUT2D eigenvalue weighted by Gasteiger charge is 2.33. The van der Waals surface area contributed by atoms with Gasteiger partial charge in [-0.05, 0) is 94.4 Å². The molecule has 178 valence electrons. The van der Waals surface area contributed by atoms with Crippen molar-refractivity contribution in [2.75, 3.05) is 31.2 Å². The van der Waals surface area contributed by atoms with E-state index in [2.05, 4.69) is 47.7 Å². The summed E-state index contributed by atoms with van der Waals surface area (Å²) in [5.74, 6) is 1.01. The molecular weight excluding hydrogens is 427 g/mol. The topological polar surface area (TPSA) is 55.3 Å². The summed E-state index contributed by atoms with van der Waals surface area (Å²) in [7, 11) is 0. The Bertz CT molecular complexity index is 1250. The van der Waals surface area contributed by atoms with E-state index in [4.69, 9.17) is 4.74 Å². The first-order chi connectivity index (χ1) is 16.4. The van der Waals surface area contributed by atoms with Crippen LogP contribution >= 0.6 is 0 Å². The fourth-order valence-electron chi connectivity index (χ4n) is 5.64. The molecule has 0 bridgehead atoms. The molecule has 2 aromatic carbocycles. The van der Waals surface area contributed by atoms with E-state index in [-0.39, 0.29) is 17.8 Å². The maximum atomic E-state index is 16.3. The third kappa shape index (κ3) is 3.87. The second-order valence-electron chi connectivity index (χ2n) is 10.1. The fourth-order valence-corrected chi connectivity index (χ4v) is 5.64. The van der Waals surface area contributed by atoms with Crippen LogP contribution in [-0.2, 0) is 4.74 Å². The number of ether oxygens (including phenoxy) is 1. The average molecular weight is 461 g/mol. The summed E-state index contributed by atoms with van der Waals surface area (Å²) in [4.78, 5) is 8.05. The number of benzene rings is 2. The largest absolute Gasteiger partial charge is 0.378 e. The van der Waals surface area contributed by atoms with Gasteiger partial charge in [0.15, 0.2) is 5.82 Å². The van der Waals surface area contributed by atoms with Gasteiger partial charge >= 0.3 is 0 Å². The molecule has 0 radical (unpaired) electrons. The van der Waals surface area contributed by atoms with Crippen LogP contribution in [0.3, 0.4) is 0 Å². The highest BCUT2D eigenvalue weighted by atomic mass is 19.1. The maximum Gasteiger partial charge on any atom is 0.150 e. The molecular formula is C28H33FN4O. The molecule has 2 aliphatic rings. The number of piperidine rings is 1. The Morgan fingerprint density at radius 3 is 2.50 bits per heavy atom. The minimum absolute atomic E-state index is 0.0488. The van der Waals surface area contributed by atoms with Gasteiger partial charge in [0.05, 0.1) is 36.6 Å². The zero-order valence-corrected chi connectivity index (χ0v) is 20.5. The SMILES string of the molecule is Cc1ccc(N(c2[nH]c3cc(C#N)ccc3c2C)C(C)C)c(F)c1C1CCN(C2COC2)CC1. The third-order valence-corrected chi connectivity index (χ3v) is 7.63. The summed E-state index contributed by atoms with van der Waals surface area (Å²) in [6.45, 7) is 11.9. The molecule has 0 spiro atoms. The van der Waals surface area contributed by atoms with Gasteiger partial charge in [-0.2, -0.15) is 5.26 Å². The number of hydrogen-bond acceptors (Lipinski definition) is 4. The molecule has 2 fully saturated rings. The number of nitrogens with zero attached hydrogens (tertiary/aromatic N) is 3. The molecule has 0 atom stereocenters. The summed E-state index contributed by atoms with van der Waals surface area (Å²) in [5.41, 5.74) is 5.08. The van der Waals surface area contributed by atoms with Gasteiger partial charge in [0.1, 0.15) is 5.82 Å². The molecule has 0 amide bonds. The predicted octanol–water partition coefficient (Wildman–Crippen LogP) is 5.92. The van der Waals surface area contributed by atoms with E-state index in [1.165, 1.54) is 0 Å². The number of aryl methyl sites for hydroxylation is 2. The average Bonchev–Trinajstić information content (AvgIpc) is 3.10. The Morgan fingerprint density at radius 1 is 1.15 bits per heavy atom. The normalized spacial score (nSPS) is 17.8. The van der Waals surface area contributed by atoms with Gasteiger partial charge < -0.3 is 14.6 Å². The molecule has 0 saturated carbocycles. The zero-order chi connectivity index (χ0) is 24.0. The molecule has 0 aliphatic carbocycles. The first-order valence-electron chi connectivity index (χ1n) is 12.3. The van der Waals surface area contributed by atoms with Crippen molar-refractivity contribution in [3.63, 3.8) is 0 Å². The molecule has 2 aliphatic heterocycles. The third-order valence-electron chi connectivity index (χ3n) is 7.63. The Labute approximate surface area is 201 Å². The number of fused-ring (bicyclic) bond motifs is 1. The number of halogens is 1. The molecule has 1 N–H and O–H groups in total. The van der Waals surface area contributed by atoms with Crippen molar-refractivity contribution in [2.45, 2.75) is 58.5 Å². The van der Waals surface area contributed by atoms with Crippen LogP contribution in [0.1, 0.15) is 54.9 Å². The van der Waals surface area contributed by atoms with Crippen molar-refractivity contribution >= 4 is 22.4 Å². The molecule has 6 heteroatoms. The fraction of sp³-hybridized carbons (Fsp3) is 0.464. The summed E-state index contributed by atoms with van der Waals surface area (Å²) in [6.07, 6.45) is 1.95. The summed E-state index contributed by atoms with van der Waals surface area (Å²) in [6, 6.07) is 12.5. The van der Waals surface area contributed by atoms with E-state index in [1.54, 1.807) is 0 Å². The number of nitriles is 1. The van der Waals surface area contributed by atoms with Crippen LogP contribution in [0.5, 0.6) is 0 Å². The highest BCUT2D eigenvalue weighted by molar-refractivity contribution is 5.91. The molecule has 2 saturated heterocycles. The van der Waals surface area contributed by atoms with Gasteiger partial charge in [-0.15, -0.1) is 0 Å². The van der Waals surface area contributed by atoms with E-state index in [0.717, 1.165) is 72.6 Å². The van der Waals surface area contributed by atoms with E-state index < -0.39 is 0 Å². The molecule has 0 unspecified atom stereocenters. The standard InChI is InChI=1S/C28H33FN4O/c1-17(2)33(28-19(4)23-7-6-20(14-30)13-24(23)31-28)25-8-5-18(3)26(27(25)29)21-9-11-32(12-10-21)22-15-34-16-22/h5-8,13,17,21-22,31H,9-12,15-16H2,1-4H3. The lowest BCUT2D eigenvalue weighted by Gasteiger charge is -2.42. The minimum Gasteiger partial charge on any atom is -0.378 e. The molecule has 3 aromatic rings. The van der Waals surface area contributed by atoms with Gasteiger partial charge in [-0.25, -0.2) is 4.39 Å². The van der Waals surface area contributed by atoms with Crippen LogP contribution in [-0.4, -0.2) is 48.3 Å². The second kappa shape index (κ2) is 9.05. The van der Waals surface area contributed by atoms with Crippen molar-refractivity contribution in [2.24, 2.45) is 0 Å². The number of hydrogen-bond donors (Lipinski definition) is 1. The van der Waals surface area contributed by atoms with Gasteiger partial charge in [0.2, 0.25) is 0 Å². The monoisotopic (exact) mass is 460 g/mol. The number of aromatic amines is 1. The lowest BCUT2D eigenvalue weighted by atomic mass is 9.85. The number of H-pyrrole nitrogens is 1. The van der Waals surface area contributed by atoms with Crippen LogP contribution in [0, 0.1) is 31.0 Å². The van der Waals surface area contributed by atoms with Crippen LogP contribution in [0.15, 0.2) is 30.3 Å². The van der Waals surface area contributed by atoms with Crippen LogP contribution in [0.2, 0.25) is 0 Å². The van der Waals surface area contributed by atoms with E-state index in [1.807, 2.05) is 31.2 Å². The van der Waals surface area contributed by atoms with Gasteiger partial charge in [-0.1, -0.05) is 12.1 Å². The van der Waals surface area contributed by atoms with E-state index in [9.17, 15) is 5.26 Å². The smallest absolute Gasteiger partial charge is 0.150 e. The van der Waals surface area contributed by atoms with Crippen molar-refractivity contribution in [3.8, 4) is 6.07 Å². The summed E-state index contributed by atoms with van der Waals surface area (Å²) >= 11 is 0. The first-order valence-corrected chi connectivity index (χ1v) is 12.3. The van der Waals surface area contributed by atoms with Crippen molar-refractivity contribution in [1.82, 2.24) is 9.88 Å². The number of aromatic nitrogens is 1. The van der Waals surface area contributed by atoms with Crippen molar-refractivity contribution < 1.29 is 9.13 Å². The lowest BCUT2D eigenvalue weighted by molar-refractivity contribution is -0.0713. The summed E-state index contributed by atoms with van der Waals surface area (Å²) < 4.78 is 21.7. The van der Waals surface area contributed by atoms with E-state index >= 15 is 4.39 Å². The van der Waals surface area contributed by atoms with Crippen LogP contribution in [0.25, 0.3) is 10.9 Å². The quantitative estimate of drug-likeness (QED) is 0.513. The number of likely N-dealkylation sites (tertiary alicyclic amines) is 1. The lowest BCUT2D eigenvalue weighted by Crippen LogP contribution is -2.51. The molecule has 5 nitrogen and oxygen atoms in total. The molecule has 5 rings (SSSR count). The predicted molar refractivity (Wildman–Crippen MR) is 134 cm³/mol. The van der Waals surface area contributed by atoms with Crippen molar-refractivity contribution in [1.29, 1.82) is 5.26 Å². The second-order valence-corrected chi connectivity index (χ2v) is 10.1. The van der Waals surface area contributed by atoms with Crippen LogP contribution < -0.4 is 4.90 Å². The summed E-state index contributed by atoms with van der Waals surface area (Å²) in [5, 5.41) is 10.4. The minimum atomic E-state index is -0.102. The molecule has 1 aromatic heterocycles. The Balaban J connectivity index is 1.51. The Kier molecular flexibility index (Phi) is 6.09. The molecule has 3 heterocycles. The van der Waals surface area contributed by atoms with Gasteiger partial charge in [0.25, 0.3) is 0 Å². The Morgan fingerprint density at radius 2 is 1.88 bits per heavy atom. The number of nitrogens with one attached hydrogen (secondary N) is 1. The van der Waals surface area contributed by atoms with Gasteiger partial charge in [0, 0.05) is 16.9 Å². The number of rotatable bonds is 5. The molecule has 34 heavy (non-hydrogen) atoms. The van der Waals surface area contributed by atoms with Crippen LogP contribution in [0.4, 0.5) is 15.9 Å². The van der Waals surface area contributed by atoms with Gasteiger partial charge in [-0.3, -0.25) is 4.90 Å². The van der Waals surface area contributed by atoms with E-state index in [0.29, 0.717) is 17.3 Å². The zero-order valence-electron chi connectivity index (χ0n) is 20.5. The van der Waals surface area contributed by atoms with Crippen molar-refractivity contribution in [3.05, 3.63) is 58.4 Å². The first kappa shape index (κ1) is 22.9. The maximum absolute atomic E-state index is 16.3.